The summed E-state index contributed by atoms with van der Waals surface area (Å²) in [5, 5.41) is 3.49. The van der Waals surface area contributed by atoms with Crippen LogP contribution in [-0.2, 0) is 26.2 Å². The quantitative estimate of drug-likeness (QED) is 0.334. The van der Waals surface area contributed by atoms with Crippen molar-refractivity contribution in [1.82, 2.24) is 10.2 Å². The Kier molecular flexibility index (Phi) is 11.7. The van der Waals surface area contributed by atoms with Crippen LogP contribution in [0.1, 0.15) is 69.4 Å². The lowest BCUT2D eigenvalue weighted by Gasteiger charge is -2.33. The number of ether oxygens (including phenoxy) is 1. The highest BCUT2D eigenvalue weighted by Crippen LogP contribution is 2.30. The SMILES string of the molecule is CC[C@@H](C(=O)NC1CCCCC1)N(Cc1ccccc1C)C(=O)CCCN(c1ccc(OC)c(Cl)c1)S(C)(=O)=O. The Morgan fingerprint density at radius 1 is 1.12 bits per heavy atom. The topological polar surface area (TPSA) is 96.0 Å². The zero-order valence-corrected chi connectivity index (χ0v) is 25.6. The zero-order valence-electron chi connectivity index (χ0n) is 24.0. The number of nitrogens with one attached hydrogen (secondary N) is 1. The van der Waals surface area contributed by atoms with Gasteiger partial charge in [0.25, 0.3) is 0 Å². The summed E-state index contributed by atoms with van der Waals surface area (Å²) in [5.74, 6) is 0.134. The van der Waals surface area contributed by atoms with E-state index in [1.807, 2.05) is 38.1 Å². The molecule has 1 aliphatic rings. The summed E-state index contributed by atoms with van der Waals surface area (Å²) in [5.41, 5.74) is 2.42. The fraction of sp³-hybridized carbons (Fsp3) is 0.533. The standard InChI is InChI=1S/C30H42ClN3O5S/c1-5-27(30(36)32-24-14-7-6-8-15-24)33(21-23-13-10-9-12-22(23)2)29(35)16-11-19-34(40(4,37)38)25-17-18-28(39-3)26(31)20-25/h9-10,12-13,17-18,20,24,27H,5-8,11,14-16,19,21H2,1-4H3,(H,32,36)/t27-/m0/s1. The molecule has 1 atom stereocenters. The van der Waals surface area contributed by atoms with E-state index in [2.05, 4.69) is 5.32 Å². The molecule has 0 unspecified atom stereocenters. The number of sulfonamides is 1. The Labute approximate surface area is 244 Å². The molecule has 2 aromatic rings. The van der Waals surface area contributed by atoms with Crippen molar-refractivity contribution in [2.45, 2.75) is 83.8 Å². The minimum absolute atomic E-state index is 0.0923. The molecule has 2 aromatic carbocycles. The normalized spacial score (nSPS) is 14.8. The van der Waals surface area contributed by atoms with E-state index < -0.39 is 16.1 Å². The van der Waals surface area contributed by atoms with Crippen LogP contribution in [0.25, 0.3) is 0 Å². The molecule has 0 spiro atoms. The van der Waals surface area contributed by atoms with E-state index >= 15 is 0 Å². The van der Waals surface area contributed by atoms with Gasteiger partial charge in [-0.1, -0.05) is 62.1 Å². The molecule has 0 saturated heterocycles. The van der Waals surface area contributed by atoms with Gasteiger partial charge in [0.2, 0.25) is 21.8 Å². The van der Waals surface area contributed by atoms with Crippen LogP contribution in [0.15, 0.2) is 42.5 Å². The van der Waals surface area contributed by atoms with Crippen LogP contribution in [0.4, 0.5) is 5.69 Å². The van der Waals surface area contributed by atoms with Gasteiger partial charge in [0.1, 0.15) is 11.8 Å². The first kappa shape index (κ1) is 31.7. The number of methoxy groups -OCH3 is 1. The number of hydrogen-bond donors (Lipinski definition) is 1. The summed E-state index contributed by atoms with van der Waals surface area (Å²) < 4.78 is 31.7. The summed E-state index contributed by atoms with van der Waals surface area (Å²) in [4.78, 5) is 28.8. The van der Waals surface area contributed by atoms with Crippen molar-refractivity contribution in [2.75, 3.05) is 24.2 Å². The zero-order chi connectivity index (χ0) is 29.3. The molecule has 8 nitrogen and oxygen atoms in total. The molecule has 0 radical (unpaired) electrons. The molecule has 10 heteroatoms. The Balaban J connectivity index is 1.77. The van der Waals surface area contributed by atoms with E-state index in [-0.39, 0.29) is 37.2 Å². The van der Waals surface area contributed by atoms with Gasteiger partial charge in [0.05, 0.1) is 24.1 Å². The third-order valence-corrected chi connectivity index (χ3v) is 9.00. The summed E-state index contributed by atoms with van der Waals surface area (Å²) in [7, 11) is -2.14. The van der Waals surface area contributed by atoms with Crippen molar-refractivity contribution in [3.8, 4) is 5.75 Å². The van der Waals surface area contributed by atoms with Gasteiger partial charge in [-0.25, -0.2) is 8.42 Å². The molecule has 220 valence electrons. The molecule has 0 heterocycles. The second kappa shape index (κ2) is 14.7. The van der Waals surface area contributed by atoms with Crippen LogP contribution in [0.5, 0.6) is 5.75 Å². The molecule has 1 saturated carbocycles. The van der Waals surface area contributed by atoms with E-state index in [4.69, 9.17) is 16.3 Å². The van der Waals surface area contributed by atoms with Gasteiger partial charge in [-0.3, -0.25) is 13.9 Å². The number of benzene rings is 2. The van der Waals surface area contributed by atoms with E-state index in [0.717, 1.165) is 43.1 Å². The summed E-state index contributed by atoms with van der Waals surface area (Å²) >= 11 is 6.24. The molecule has 0 bridgehead atoms. The first-order valence-corrected chi connectivity index (χ1v) is 16.2. The molecular weight excluding hydrogens is 550 g/mol. The lowest BCUT2D eigenvalue weighted by molar-refractivity contribution is -0.141. The molecule has 1 aliphatic carbocycles. The molecule has 1 fully saturated rings. The number of hydrogen-bond acceptors (Lipinski definition) is 5. The Hall–Kier alpha value is -2.78. The van der Waals surface area contributed by atoms with Crippen LogP contribution < -0.4 is 14.4 Å². The molecule has 1 N–H and O–H groups in total. The first-order valence-electron chi connectivity index (χ1n) is 14.0. The third kappa shape index (κ3) is 8.61. The highest BCUT2D eigenvalue weighted by molar-refractivity contribution is 7.92. The maximum absolute atomic E-state index is 13.7. The number of halogens is 1. The monoisotopic (exact) mass is 591 g/mol. The first-order chi connectivity index (χ1) is 19.0. The van der Waals surface area contributed by atoms with Crippen molar-refractivity contribution in [2.24, 2.45) is 0 Å². The van der Waals surface area contributed by atoms with Crippen molar-refractivity contribution >= 4 is 39.1 Å². The average Bonchev–Trinajstić information content (AvgIpc) is 2.91. The maximum atomic E-state index is 13.7. The molecule has 3 rings (SSSR count). The van der Waals surface area contributed by atoms with Crippen molar-refractivity contribution < 1.29 is 22.7 Å². The van der Waals surface area contributed by atoms with E-state index in [9.17, 15) is 18.0 Å². The van der Waals surface area contributed by atoms with Crippen LogP contribution in [0.3, 0.4) is 0 Å². The maximum Gasteiger partial charge on any atom is 0.243 e. The smallest absolute Gasteiger partial charge is 0.243 e. The van der Waals surface area contributed by atoms with Gasteiger partial charge in [0, 0.05) is 25.6 Å². The molecule has 40 heavy (non-hydrogen) atoms. The Bertz CT molecular complexity index is 1260. The molecular formula is C30H42ClN3O5S. The minimum atomic E-state index is -3.63. The van der Waals surface area contributed by atoms with Crippen LogP contribution >= 0.6 is 11.6 Å². The largest absolute Gasteiger partial charge is 0.495 e. The summed E-state index contributed by atoms with van der Waals surface area (Å²) in [6, 6.07) is 12.1. The minimum Gasteiger partial charge on any atom is -0.495 e. The predicted molar refractivity (Wildman–Crippen MR) is 160 cm³/mol. The number of carbonyl (C=O) groups excluding carboxylic acids is 2. The molecule has 0 aliphatic heterocycles. The lowest BCUT2D eigenvalue weighted by Crippen LogP contribution is -2.51. The molecule has 0 aromatic heterocycles. The number of aryl methyl sites for hydroxylation is 1. The van der Waals surface area contributed by atoms with Gasteiger partial charge < -0.3 is 15.0 Å². The summed E-state index contributed by atoms with van der Waals surface area (Å²) in [6.45, 7) is 4.32. The van der Waals surface area contributed by atoms with Crippen molar-refractivity contribution in [3.63, 3.8) is 0 Å². The number of rotatable bonds is 13. The number of nitrogens with zero attached hydrogens (tertiary/aromatic N) is 2. The van der Waals surface area contributed by atoms with Gasteiger partial charge in [-0.2, -0.15) is 0 Å². The van der Waals surface area contributed by atoms with Crippen LogP contribution in [0, 0.1) is 6.92 Å². The Morgan fingerprint density at radius 3 is 2.42 bits per heavy atom. The predicted octanol–water partition coefficient (Wildman–Crippen LogP) is 5.46. The van der Waals surface area contributed by atoms with E-state index in [1.165, 1.54) is 23.9 Å². The second-order valence-corrected chi connectivity index (χ2v) is 12.8. The van der Waals surface area contributed by atoms with E-state index in [1.54, 1.807) is 17.0 Å². The highest BCUT2D eigenvalue weighted by atomic mass is 35.5. The van der Waals surface area contributed by atoms with Crippen LogP contribution in [-0.4, -0.2) is 57.1 Å². The van der Waals surface area contributed by atoms with Gasteiger partial charge in [-0.15, -0.1) is 0 Å². The number of carbonyl (C=O) groups is 2. The van der Waals surface area contributed by atoms with E-state index in [0.29, 0.717) is 29.4 Å². The van der Waals surface area contributed by atoms with Gasteiger partial charge in [0.15, 0.2) is 0 Å². The highest BCUT2D eigenvalue weighted by Gasteiger charge is 2.30. The molecule has 2 amide bonds. The lowest BCUT2D eigenvalue weighted by atomic mass is 9.95. The van der Waals surface area contributed by atoms with Gasteiger partial charge >= 0.3 is 0 Å². The van der Waals surface area contributed by atoms with Crippen molar-refractivity contribution in [3.05, 3.63) is 58.6 Å². The van der Waals surface area contributed by atoms with Crippen LogP contribution in [0.2, 0.25) is 5.02 Å². The number of anilines is 1. The second-order valence-electron chi connectivity index (χ2n) is 10.5. The average molecular weight is 592 g/mol. The number of amides is 2. The fourth-order valence-corrected chi connectivity index (χ4v) is 6.46. The fourth-order valence-electron chi connectivity index (χ4n) is 5.25. The summed E-state index contributed by atoms with van der Waals surface area (Å²) in [6.07, 6.45) is 7.29. The van der Waals surface area contributed by atoms with Gasteiger partial charge in [-0.05, 0) is 61.9 Å². The Morgan fingerprint density at radius 2 is 1.82 bits per heavy atom. The third-order valence-electron chi connectivity index (χ3n) is 7.51. The van der Waals surface area contributed by atoms with Crippen molar-refractivity contribution in [1.29, 1.82) is 0 Å².